The predicted molar refractivity (Wildman–Crippen MR) is 160 cm³/mol. The zero-order valence-corrected chi connectivity index (χ0v) is 25.6. The highest BCUT2D eigenvalue weighted by Gasteiger charge is 2.37. The Morgan fingerprint density at radius 1 is 0.886 bits per heavy atom. The number of ether oxygens (including phenoxy) is 1. The number of pyridine rings is 1. The van der Waals surface area contributed by atoms with Gasteiger partial charge in [0.2, 0.25) is 5.95 Å². The molecule has 234 valence electrons. The van der Waals surface area contributed by atoms with Crippen LogP contribution in [0.3, 0.4) is 0 Å². The molecule has 1 saturated carbocycles. The minimum atomic E-state index is -4.97. The maximum atomic E-state index is 13.7. The summed E-state index contributed by atoms with van der Waals surface area (Å²) in [5.74, 6) is 2.01. The van der Waals surface area contributed by atoms with E-state index in [0.717, 1.165) is 61.0 Å². The van der Waals surface area contributed by atoms with Crippen molar-refractivity contribution in [1.82, 2.24) is 15.0 Å². The van der Waals surface area contributed by atoms with E-state index in [0.29, 0.717) is 22.0 Å². The minimum Gasteiger partial charge on any atom is -0.497 e. The van der Waals surface area contributed by atoms with Gasteiger partial charge in [0.1, 0.15) is 11.6 Å². The number of nitrogens with zero attached hydrogens (tertiary/aromatic N) is 5. The molecule has 1 fully saturated rings. The number of halogens is 7. The summed E-state index contributed by atoms with van der Waals surface area (Å²) < 4.78 is 88.1. The van der Waals surface area contributed by atoms with Crippen LogP contribution in [0.15, 0.2) is 59.3 Å². The van der Waals surface area contributed by atoms with Crippen LogP contribution in [-0.4, -0.2) is 35.2 Å². The Bertz CT molecular complexity index is 1580. The van der Waals surface area contributed by atoms with Gasteiger partial charge in [-0.1, -0.05) is 6.92 Å². The van der Waals surface area contributed by atoms with Crippen molar-refractivity contribution < 1.29 is 31.1 Å². The average Bonchev–Trinajstić information content (AvgIpc) is 3.79. The van der Waals surface area contributed by atoms with Gasteiger partial charge >= 0.3 is 12.4 Å². The van der Waals surface area contributed by atoms with Crippen LogP contribution in [0, 0.1) is 5.92 Å². The summed E-state index contributed by atoms with van der Waals surface area (Å²) in [6, 6.07) is 9.06. The molecule has 0 N–H and O–H groups in total. The third-order valence-electron chi connectivity index (χ3n) is 7.32. The third-order valence-corrected chi connectivity index (χ3v) is 7.73. The summed E-state index contributed by atoms with van der Waals surface area (Å²) in [7, 11) is 1.55. The predicted octanol–water partition coefficient (Wildman–Crippen LogP) is 8.67. The number of benzene rings is 2. The van der Waals surface area contributed by atoms with Crippen molar-refractivity contribution in [2.75, 3.05) is 30.0 Å². The first-order chi connectivity index (χ1) is 20.8. The summed E-state index contributed by atoms with van der Waals surface area (Å²) in [6.07, 6.45) is -3.88. The van der Waals surface area contributed by atoms with Crippen LogP contribution >= 0.6 is 15.9 Å². The lowest BCUT2D eigenvalue weighted by Gasteiger charge is -2.29. The van der Waals surface area contributed by atoms with Gasteiger partial charge in [-0.15, -0.1) is 0 Å². The molecule has 13 heteroatoms. The quantitative estimate of drug-likeness (QED) is 0.148. The molecule has 0 spiro atoms. The maximum absolute atomic E-state index is 13.7. The van der Waals surface area contributed by atoms with Crippen molar-refractivity contribution in [3.63, 3.8) is 0 Å². The van der Waals surface area contributed by atoms with Crippen LogP contribution in [-0.2, 0) is 25.4 Å². The number of methoxy groups -OCH3 is 1. The number of fused-ring (bicyclic) bond motifs is 1. The molecular formula is C31H30BrF6N5O. The van der Waals surface area contributed by atoms with E-state index < -0.39 is 23.5 Å². The van der Waals surface area contributed by atoms with Gasteiger partial charge in [-0.3, -0.25) is 0 Å². The topological polar surface area (TPSA) is 54.4 Å². The van der Waals surface area contributed by atoms with E-state index >= 15 is 0 Å². The van der Waals surface area contributed by atoms with Crippen LogP contribution < -0.4 is 14.5 Å². The van der Waals surface area contributed by atoms with E-state index in [1.807, 2.05) is 24.3 Å². The van der Waals surface area contributed by atoms with Crippen molar-refractivity contribution in [3.05, 3.63) is 81.6 Å². The zero-order valence-electron chi connectivity index (χ0n) is 24.0. The van der Waals surface area contributed by atoms with Crippen molar-refractivity contribution >= 4 is 38.6 Å². The van der Waals surface area contributed by atoms with Crippen molar-refractivity contribution in [3.8, 4) is 5.75 Å². The standard InChI is InChI=1S/C31H30BrF6N5O/c1-3-8-42(16-19-4-5-19)28-22(11-21-12-26(44-2)6-7-27(21)41-28)18-43(29-39-14-25(32)15-40-29)17-20-9-23(30(33,34)35)13-24(10-20)31(36,37)38/h6-7,9-15,19H,3-5,8,16-18H2,1-2H3. The number of aromatic nitrogens is 3. The molecule has 1 aliphatic carbocycles. The second kappa shape index (κ2) is 12.8. The summed E-state index contributed by atoms with van der Waals surface area (Å²) in [5, 5.41) is 0.779. The molecule has 2 heterocycles. The average molecular weight is 683 g/mol. The van der Waals surface area contributed by atoms with E-state index in [1.54, 1.807) is 12.0 Å². The van der Waals surface area contributed by atoms with Crippen LogP contribution in [0.1, 0.15) is 48.4 Å². The summed E-state index contributed by atoms with van der Waals surface area (Å²) in [4.78, 5) is 17.5. The molecule has 4 aromatic rings. The highest BCUT2D eigenvalue weighted by atomic mass is 79.9. The van der Waals surface area contributed by atoms with Gasteiger partial charge in [-0.05, 0) is 89.1 Å². The van der Waals surface area contributed by atoms with E-state index in [9.17, 15) is 26.3 Å². The molecule has 2 aromatic heterocycles. The lowest BCUT2D eigenvalue weighted by Crippen LogP contribution is -2.31. The van der Waals surface area contributed by atoms with Gasteiger partial charge in [0.25, 0.3) is 0 Å². The molecular weight excluding hydrogens is 652 g/mol. The molecule has 0 aliphatic heterocycles. The lowest BCUT2D eigenvalue weighted by atomic mass is 10.0. The Hall–Kier alpha value is -3.61. The molecule has 0 unspecified atom stereocenters. The molecule has 2 aromatic carbocycles. The first-order valence-corrected chi connectivity index (χ1v) is 14.9. The van der Waals surface area contributed by atoms with Gasteiger partial charge in [-0.2, -0.15) is 26.3 Å². The molecule has 6 nitrogen and oxygen atoms in total. The Morgan fingerprint density at radius 3 is 2.11 bits per heavy atom. The number of anilines is 2. The van der Waals surface area contributed by atoms with Gasteiger partial charge in [-0.25, -0.2) is 15.0 Å². The molecule has 0 saturated heterocycles. The van der Waals surface area contributed by atoms with Crippen molar-refractivity contribution in [1.29, 1.82) is 0 Å². The molecule has 0 radical (unpaired) electrons. The van der Waals surface area contributed by atoms with Gasteiger partial charge in [0.15, 0.2) is 0 Å². The Balaban J connectivity index is 1.63. The molecule has 0 amide bonds. The third kappa shape index (κ3) is 7.72. The van der Waals surface area contributed by atoms with Crippen molar-refractivity contribution in [2.45, 2.75) is 51.6 Å². The van der Waals surface area contributed by atoms with Gasteiger partial charge < -0.3 is 14.5 Å². The normalized spacial score (nSPS) is 13.8. The number of hydrogen-bond acceptors (Lipinski definition) is 6. The lowest BCUT2D eigenvalue weighted by molar-refractivity contribution is -0.143. The van der Waals surface area contributed by atoms with E-state index in [4.69, 9.17) is 9.72 Å². The van der Waals surface area contributed by atoms with Gasteiger partial charge in [0, 0.05) is 49.5 Å². The van der Waals surface area contributed by atoms with E-state index in [1.165, 1.54) is 12.4 Å². The molecule has 0 bridgehead atoms. The summed E-state index contributed by atoms with van der Waals surface area (Å²) >= 11 is 3.29. The van der Waals surface area contributed by atoms with Crippen LogP contribution in [0.25, 0.3) is 10.9 Å². The van der Waals surface area contributed by atoms with Crippen LogP contribution in [0.2, 0.25) is 0 Å². The molecule has 1 aliphatic rings. The molecule has 5 rings (SSSR count). The Labute approximate surface area is 259 Å². The fourth-order valence-electron chi connectivity index (χ4n) is 5.07. The van der Waals surface area contributed by atoms with Gasteiger partial charge in [0.05, 0.1) is 28.2 Å². The van der Waals surface area contributed by atoms with Crippen LogP contribution in [0.5, 0.6) is 5.75 Å². The maximum Gasteiger partial charge on any atom is 0.416 e. The number of rotatable bonds is 11. The summed E-state index contributed by atoms with van der Waals surface area (Å²) in [6.45, 7) is 3.35. The summed E-state index contributed by atoms with van der Waals surface area (Å²) in [5.41, 5.74) is -1.47. The van der Waals surface area contributed by atoms with Crippen LogP contribution in [0.4, 0.5) is 38.1 Å². The fourth-order valence-corrected chi connectivity index (χ4v) is 5.28. The number of alkyl halides is 6. The SMILES string of the molecule is CCCN(CC1CC1)c1nc2ccc(OC)cc2cc1CN(Cc1cc(C(F)(F)F)cc(C(F)(F)F)c1)c1ncc(Br)cn1. The zero-order chi connectivity index (χ0) is 31.6. The second-order valence-electron chi connectivity index (χ2n) is 10.9. The second-order valence-corrected chi connectivity index (χ2v) is 11.8. The number of hydrogen-bond donors (Lipinski definition) is 0. The fraction of sp³-hybridized carbons (Fsp3) is 0.387. The van der Waals surface area contributed by atoms with E-state index in [2.05, 4.69) is 37.7 Å². The monoisotopic (exact) mass is 681 g/mol. The van der Waals surface area contributed by atoms with E-state index in [-0.39, 0.29) is 30.7 Å². The smallest absolute Gasteiger partial charge is 0.416 e. The molecule has 0 atom stereocenters. The largest absolute Gasteiger partial charge is 0.497 e. The molecule has 44 heavy (non-hydrogen) atoms. The Morgan fingerprint density at radius 2 is 1.55 bits per heavy atom. The minimum absolute atomic E-state index is 0.0690. The first-order valence-electron chi connectivity index (χ1n) is 14.1. The highest BCUT2D eigenvalue weighted by Crippen LogP contribution is 2.38. The van der Waals surface area contributed by atoms with Crippen molar-refractivity contribution in [2.24, 2.45) is 5.92 Å². The Kier molecular flexibility index (Phi) is 9.24. The highest BCUT2D eigenvalue weighted by molar-refractivity contribution is 9.10. The first kappa shape index (κ1) is 31.8.